The second kappa shape index (κ2) is 5.95. The van der Waals surface area contributed by atoms with E-state index in [1.54, 1.807) is 0 Å². The Kier molecular flexibility index (Phi) is 4.03. The van der Waals surface area contributed by atoms with E-state index >= 15 is 0 Å². The van der Waals surface area contributed by atoms with Crippen LogP contribution in [0.5, 0.6) is 0 Å². The zero-order valence-electron chi connectivity index (χ0n) is 12.9. The fourth-order valence-electron chi connectivity index (χ4n) is 2.72. The Morgan fingerprint density at radius 3 is 3.05 bits per heavy atom. The maximum Gasteiger partial charge on any atom is 0.231 e. The van der Waals surface area contributed by atoms with Crippen LogP contribution in [0.4, 0.5) is 0 Å². The summed E-state index contributed by atoms with van der Waals surface area (Å²) in [6, 6.07) is 6.66. The average molecular weight is 286 g/mol. The van der Waals surface area contributed by atoms with Crippen molar-refractivity contribution in [2.24, 2.45) is 0 Å². The molecule has 2 heterocycles. The maximum absolute atomic E-state index is 5.45. The molecule has 3 rings (SSSR count). The van der Waals surface area contributed by atoms with Crippen LogP contribution in [0, 0.1) is 13.8 Å². The van der Waals surface area contributed by atoms with Crippen LogP contribution in [-0.4, -0.2) is 41.7 Å². The Bertz CT molecular complexity index is 622. The third-order valence-corrected chi connectivity index (χ3v) is 4.14. The van der Waals surface area contributed by atoms with Crippen LogP contribution in [-0.2, 0) is 6.42 Å². The highest BCUT2D eigenvalue weighted by Crippen LogP contribution is 2.20. The summed E-state index contributed by atoms with van der Waals surface area (Å²) < 4.78 is 5.45. The molecule has 21 heavy (non-hydrogen) atoms. The van der Waals surface area contributed by atoms with Gasteiger partial charge in [-0.1, -0.05) is 28.9 Å². The summed E-state index contributed by atoms with van der Waals surface area (Å²) in [5, 5.41) is 7.55. The number of likely N-dealkylation sites (N-methyl/N-ethyl adjacent to an activating group) is 1. The zero-order chi connectivity index (χ0) is 14.8. The lowest BCUT2D eigenvalue weighted by atomic mass is 10.0. The Morgan fingerprint density at radius 2 is 2.24 bits per heavy atom. The maximum atomic E-state index is 5.45. The summed E-state index contributed by atoms with van der Waals surface area (Å²) in [6.07, 6.45) is 0.699. The van der Waals surface area contributed by atoms with Gasteiger partial charge < -0.3 is 9.84 Å². The van der Waals surface area contributed by atoms with Gasteiger partial charge in [-0.25, -0.2) is 0 Å². The minimum absolute atomic E-state index is 0.204. The van der Waals surface area contributed by atoms with Gasteiger partial charge in [-0.3, -0.25) is 4.90 Å². The van der Waals surface area contributed by atoms with E-state index in [0.29, 0.717) is 12.3 Å². The quantitative estimate of drug-likeness (QED) is 0.933. The number of hydrogen-bond acceptors (Lipinski definition) is 5. The lowest BCUT2D eigenvalue weighted by molar-refractivity contribution is 0.190. The first-order valence-corrected chi connectivity index (χ1v) is 7.43. The molecule has 2 aromatic rings. The average Bonchev–Trinajstić information content (AvgIpc) is 2.92. The van der Waals surface area contributed by atoms with Crippen molar-refractivity contribution in [2.45, 2.75) is 26.3 Å². The fraction of sp³-hybridized carbons (Fsp3) is 0.500. The lowest BCUT2D eigenvalue weighted by Crippen LogP contribution is -2.44. The summed E-state index contributed by atoms with van der Waals surface area (Å²) >= 11 is 0. The van der Waals surface area contributed by atoms with E-state index in [4.69, 9.17) is 4.52 Å². The number of rotatable bonds is 3. The number of hydrogen-bond donors (Lipinski definition) is 1. The van der Waals surface area contributed by atoms with E-state index in [9.17, 15) is 0 Å². The summed E-state index contributed by atoms with van der Waals surface area (Å²) in [7, 11) is 2.10. The van der Waals surface area contributed by atoms with Gasteiger partial charge in [-0.05, 0) is 32.0 Å². The molecule has 1 aliphatic rings. The Hall–Kier alpha value is -1.72. The van der Waals surface area contributed by atoms with Crippen molar-refractivity contribution < 1.29 is 4.52 Å². The topological polar surface area (TPSA) is 54.2 Å². The first-order valence-electron chi connectivity index (χ1n) is 7.43. The Balaban J connectivity index is 1.77. The van der Waals surface area contributed by atoms with E-state index in [1.807, 2.05) is 0 Å². The van der Waals surface area contributed by atoms with Crippen molar-refractivity contribution in [3.8, 4) is 0 Å². The molecule has 1 saturated heterocycles. The SMILES string of the molecule is Cc1ccc(C)c(Cc2nc(C3CNCCN3C)no2)c1. The van der Waals surface area contributed by atoms with E-state index in [1.165, 1.54) is 16.7 Å². The molecule has 1 unspecified atom stereocenters. The van der Waals surface area contributed by atoms with Crippen molar-refractivity contribution in [3.63, 3.8) is 0 Å². The number of aryl methyl sites for hydroxylation is 2. The van der Waals surface area contributed by atoms with Gasteiger partial charge >= 0.3 is 0 Å². The molecular weight excluding hydrogens is 264 g/mol. The molecule has 5 nitrogen and oxygen atoms in total. The van der Waals surface area contributed by atoms with Crippen LogP contribution in [0.3, 0.4) is 0 Å². The minimum Gasteiger partial charge on any atom is -0.339 e. The molecule has 0 saturated carbocycles. The van der Waals surface area contributed by atoms with Gasteiger partial charge in [0.1, 0.15) is 0 Å². The predicted molar refractivity (Wildman–Crippen MR) is 81.3 cm³/mol. The van der Waals surface area contributed by atoms with Crippen LogP contribution in [0.25, 0.3) is 0 Å². The number of aromatic nitrogens is 2. The van der Waals surface area contributed by atoms with Crippen molar-refractivity contribution >= 4 is 0 Å². The van der Waals surface area contributed by atoms with Gasteiger partial charge in [-0.15, -0.1) is 0 Å². The molecule has 0 spiro atoms. The summed E-state index contributed by atoms with van der Waals surface area (Å²) in [4.78, 5) is 6.86. The van der Waals surface area contributed by atoms with Gasteiger partial charge in [0.15, 0.2) is 5.82 Å². The Morgan fingerprint density at radius 1 is 1.38 bits per heavy atom. The second-order valence-electron chi connectivity index (χ2n) is 5.85. The highest BCUT2D eigenvalue weighted by molar-refractivity contribution is 5.32. The van der Waals surface area contributed by atoms with E-state index in [-0.39, 0.29) is 6.04 Å². The van der Waals surface area contributed by atoms with E-state index in [2.05, 4.69) is 59.5 Å². The third kappa shape index (κ3) is 3.14. The number of nitrogens with one attached hydrogen (secondary N) is 1. The monoisotopic (exact) mass is 286 g/mol. The molecule has 0 radical (unpaired) electrons. The lowest BCUT2D eigenvalue weighted by Gasteiger charge is -2.30. The molecule has 0 amide bonds. The van der Waals surface area contributed by atoms with Crippen molar-refractivity contribution in [3.05, 3.63) is 46.6 Å². The first kappa shape index (κ1) is 14.2. The van der Waals surface area contributed by atoms with Crippen LogP contribution in [0.2, 0.25) is 0 Å². The summed E-state index contributed by atoms with van der Waals surface area (Å²) in [5.74, 6) is 1.47. The minimum atomic E-state index is 0.204. The van der Waals surface area contributed by atoms with Gasteiger partial charge in [0, 0.05) is 19.6 Å². The van der Waals surface area contributed by atoms with E-state index in [0.717, 1.165) is 25.5 Å². The number of piperazine rings is 1. The largest absolute Gasteiger partial charge is 0.339 e. The van der Waals surface area contributed by atoms with Gasteiger partial charge in [0.2, 0.25) is 5.89 Å². The first-order chi connectivity index (χ1) is 10.1. The molecule has 5 heteroatoms. The zero-order valence-corrected chi connectivity index (χ0v) is 12.9. The van der Waals surface area contributed by atoms with Crippen LogP contribution in [0.1, 0.15) is 34.4 Å². The fourth-order valence-corrected chi connectivity index (χ4v) is 2.72. The predicted octanol–water partition coefficient (Wildman–Crippen LogP) is 1.85. The normalized spacial score (nSPS) is 19.9. The molecule has 1 fully saturated rings. The molecule has 1 aromatic carbocycles. The third-order valence-electron chi connectivity index (χ3n) is 4.14. The molecule has 0 aliphatic carbocycles. The standard InChI is InChI=1S/C16H22N4O/c1-11-4-5-12(2)13(8-11)9-15-18-16(19-21-15)14-10-17-6-7-20(14)3/h4-5,8,14,17H,6-7,9-10H2,1-3H3. The number of benzene rings is 1. The van der Waals surface area contributed by atoms with Crippen molar-refractivity contribution in [1.29, 1.82) is 0 Å². The van der Waals surface area contributed by atoms with Gasteiger partial charge in [0.25, 0.3) is 0 Å². The van der Waals surface area contributed by atoms with Crippen LogP contribution in [0.15, 0.2) is 22.7 Å². The van der Waals surface area contributed by atoms with Crippen LogP contribution < -0.4 is 5.32 Å². The molecule has 1 aliphatic heterocycles. The molecule has 1 N–H and O–H groups in total. The summed E-state index contributed by atoms with van der Waals surface area (Å²) in [5.41, 5.74) is 3.77. The van der Waals surface area contributed by atoms with Gasteiger partial charge in [0.05, 0.1) is 12.5 Å². The molecular formula is C16H22N4O. The molecule has 0 bridgehead atoms. The Labute approximate surface area is 125 Å². The van der Waals surface area contributed by atoms with Crippen LogP contribution >= 0.6 is 0 Å². The highest BCUT2D eigenvalue weighted by atomic mass is 16.5. The van der Waals surface area contributed by atoms with E-state index < -0.39 is 0 Å². The second-order valence-corrected chi connectivity index (χ2v) is 5.85. The van der Waals surface area contributed by atoms with Gasteiger partial charge in [-0.2, -0.15) is 4.98 Å². The number of nitrogens with zero attached hydrogens (tertiary/aromatic N) is 3. The molecule has 112 valence electrons. The van der Waals surface area contributed by atoms with Crippen molar-refractivity contribution in [2.75, 3.05) is 26.7 Å². The molecule has 1 atom stereocenters. The molecule has 1 aromatic heterocycles. The van der Waals surface area contributed by atoms with Crippen molar-refractivity contribution in [1.82, 2.24) is 20.4 Å². The summed E-state index contributed by atoms with van der Waals surface area (Å²) in [6.45, 7) is 7.11. The highest BCUT2D eigenvalue weighted by Gasteiger charge is 2.25. The smallest absolute Gasteiger partial charge is 0.231 e.